The number of pyridine rings is 1. The Morgan fingerprint density at radius 3 is 2.46 bits per heavy atom. The fourth-order valence-corrected chi connectivity index (χ4v) is 2.07. The highest BCUT2D eigenvalue weighted by molar-refractivity contribution is 6.01. The minimum atomic E-state index is -4.48. The Balaban J connectivity index is 2.24. The Labute approximate surface area is 146 Å². The molecule has 0 saturated heterocycles. The Kier molecular flexibility index (Phi) is 5.65. The lowest BCUT2D eigenvalue weighted by atomic mass is 10.1. The number of aromatic nitrogens is 1. The number of aromatic carboxylic acids is 1. The summed E-state index contributed by atoms with van der Waals surface area (Å²) >= 11 is 0. The first-order valence-electron chi connectivity index (χ1n) is 7.08. The zero-order valence-electron chi connectivity index (χ0n) is 13.7. The van der Waals surface area contributed by atoms with Crippen LogP contribution in [0.3, 0.4) is 0 Å². The number of hydrogen-bond donors (Lipinski definition) is 2. The van der Waals surface area contributed by atoms with E-state index in [2.05, 4.69) is 15.5 Å². The second-order valence-electron chi connectivity index (χ2n) is 4.87. The van der Waals surface area contributed by atoms with E-state index in [9.17, 15) is 23.1 Å². The van der Waals surface area contributed by atoms with Gasteiger partial charge in [0.15, 0.2) is 11.5 Å². The number of benzene rings is 1. The molecule has 26 heavy (non-hydrogen) atoms. The molecule has 0 spiro atoms. The summed E-state index contributed by atoms with van der Waals surface area (Å²) in [5.74, 6) is -0.933. The predicted octanol–water partition coefficient (Wildman–Crippen LogP) is 3.26. The average Bonchev–Trinajstić information content (AvgIpc) is 2.60. The van der Waals surface area contributed by atoms with Crippen molar-refractivity contribution in [2.45, 2.75) is 6.18 Å². The lowest BCUT2D eigenvalue weighted by molar-refractivity contribution is -0.137. The molecule has 2 aromatic rings. The highest BCUT2D eigenvalue weighted by atomic mass is 19.4. The van der Waals surface area contributed by atoms with Crippen molar-refractivity contribution in [1.82, 2.24) is 4.98 Å². The first-order chi connectivity index (χ1) is 12.3. The molecule has 0 fully saturated rings. The van der Waals surface area contributed by atoms with E-state index < -0.39 is 17.7 Å². The molecule has 0 amide bonds. The number of halogens is 3. The molecule has 1 aromatic carbocycles. The highest BCUT2D eigenvalue weighted by Crippen LogP contribution is 2.33. The van der Waals surface area contributed by atoms with Gasteiger partial charge in [-0.1, -0.05) is 0 Å². The molecule has 2 rings (SSSR count). The maximum atomic E-state index is 12.5. The molecular formula is C16H14F3N3O4. The molecule has 138 valence electrons. The van der Waals surface area contributed by atoms with Gasteiger partial charge in [-0.15, -0.1) is 0 Å². The van der Waals surface area contributed by atoms with E-state index in [0.29, 0.717) is 6.20 Å². The Morgan fingerprint density at radius 2 is 1.96 bits per heavy atom. The van der Waals surface area contributed by atoms with Crippen molar-refractivity contribution in [3.05, 3.63) is 47.2 Å². The van der Waals surface area contributed by atoms with E-state index >= 15 is 0 Å². The van der Waals surface area contributed by atoms with Crippen molar-refractivity contribution < 1.29 is 32.5 Å². The molecule has 0 radical (unpaired) electrons. The van der Waals surface area contributed by atoms with Crippen LogP contribution < -0.4 is 14.9 Å². The van der Waals surface area contributed by atoms with Gasteiger partial charge in [0.2, 0.25) is 0 Å². The van der Waals surface area contributed by atoms with Gasteiger partial charge < -0.3 is 14.6 Å². The molecular weight excluding hydrogens is 355 g/mol. The van der Waals surface area contributed by atoms with Crippen molar-refractivity contribution >= 4 is 18.0 Å². The number of ether oxygens (including phenoxy) is 2. The summed E-state index contributed by atoms with van der Waals surface area (Å²) in [5, 5.41) is 13.2. The number of anilines is 1. The number of nitrogens with zero attached hydrogens (tertiary/aromatic N) is 2. The van der Waals surface area contributed by atoms with Crippen molar-refractivity contribution in [3.8, 4) is 11.5 Å². The second-order valence-corrected chi connectivity index (χ2v) is 4.87. The fraction of sp³-hybridized carbons (Fsp3) is 0.188. The summed E-state index contributed by atoms with van der Waals surface area (Å²) < 4.78 is 47.6. The molecule has 10 heteroatoms. The zero-order valence-corrected chi connectivity index (χ0v) is 13.7. The molecule has 0 atom stereocenters. The largest absolute Gasteiger partial charge is 0.493 e. The van der Waals surface area contributed by atoms with Crippen LogP contribution in [-0.4, -0.2) is 36.5 Å². The van der Waals surface area contributed by atoms with E-state index in [4.69, 9.17) is 9.47 Å². The lowest BCUT2D eigenvalue weighted by Crippen LogP contribution is -2.07. The zero-order chi connectivity index (χ0) is 19.3. The standard InChI is InChI=1S/C16H14F3N3O4/c1-25-11-5-3-9(13(15(23)24)14(11)26-2)7-21-22-12-6-4-10(8-20-12)16(17,18)19/h3-8H,1-2H3,(H,20,22)(H,23,24)/b21-7-. The van der Waals surface area contributed by atoms with Gasteiger partial charge in [0.05, 0.1) is 26.0 Å². The van der Waals surface area contributed by atoms with Crippen LogP contribution in [0.25, 0.3) is 0 Å². The minimum absolute atomic E-state index is 0.0246. The molecule has 0 bridgehead atoms. The van der Waals surface area contributed by atoms with Gasteiger partial charge in [-0.2, -0.15) is 18.3 Å². The maximum Gasteiger partial charge on any atom is 0.417 e. The molecule has 0 unspecified atom stereocenters. The highest BCUT2D eigenvalue weighted by Gasteiger charge is 2.30. The summed E-state index contributed by atoms with van der Waals surface area (Å²) in [4.78, 5) is 15.1. The monoisotopic (exact) mass is 369 g/mol. The van der Waals surface area contributed by atoms with E-state index in [-0.39, 0.29) is 28.4 Å². The number of methoxy groups -OCH3 is 2. The van der Waals surface area contributed by atoms with Crippen LogP contribution in [0.1, 0.15) is 21.5 Å². The first-order valence-corrected chi connectivity index (χ1v) is 7.08. The molecule has 7 nitrogen and oxygen atoms in total. The summed E-state index contributed by atoms with van der Waals surface area (Å²) in [6.45, 7) is 0. The SMILES string of the molecule is COc1ccc(/C=N\Nc2ccc(C(F)(F)F)cn2)c(C(=O)O)c1OC. The Bertz CT molecular complexity index is 821. The van der Waals surface area contributed by atoms with Gasteiger partial charge in [-0.05, 0) is 24.3 Å². The smallest absolute Gasteiger partial charge is 0.417 e. The normalized spacial score (nSPS) is 11.4. The van der Waals surface area contributed by atoms with Crippen LogP contribution in [-0.2, 0) is 6.18 Å². The number of alkyl halides is 3. The second kappa shape index (κ2) is 7.72. The molecule has 0 aliphatic heterocycles. The third-order valence-corrected chi connectivity index (χ3v) is 3.27. The molecule has 2 N–H and O–H groups in total. The maximum absolute atomic E-state index is 12.5. The average molecular weight is 369 g/mol. The summed E-state index contributed by atoms with van der Waals surface area (Å²) in [6, 6.07) is 4.91. The van der Waals surface area contributed by atoms with Gasteiger partial charge in [-0.3, -0.25) is 5.43 Å². The Hall–Kier alpha value is -3.30. The first kappa shape index (κ1) is 19.0. The van der Waals surface area contributed by atoms with Gasteiger partial charge in [0, 0.05) is 11.8 Å². The van der Waals surface area contributed by atoms with E-state index in [1.165, 1.54) is 32.6 Å². The number of rotatable bonds is 6. The summed E-state index contributed by atoms with van der Waals surface area (Å²) in [5.41, 5.74) is 1.58. The van der Waals surface area contributed by atoms with Crippen LogP contribution in [0.2, 0.25) is 0 Å². The quantitative estimate of drug-likeness (QED) is 0.600. The van der Waals surface area contributed by atoms with Crippen molar-refractivity contribution in [1.29, 1.82) is 0 Å². The van der Waals surface area contributed by atoms with Gasteiger partial charge in [0.25, 0.3) is 0 Å². The summed E-state index contributed by atoms with van der Waals surface area (Å²) in [7, 11) is 2.67. The molecule has 1 heterocycles. The molecule has 0 saturated carbocycles. The number of carboxylic acid groups (broad SMARTS) is 1. The van der Waals surface area contributed by atoms with Crippen LogP contribution >= 0.6 is 0 Å². The molecule has 0 aliphatic carbocycles. The van der Waals surface area contributed by atoms with Crippen LogP contribution in [0.15, 0.2) is 35.6 Å². The van der Waals surface area contributed by atoms with Crippen LogP contribution in [0.4, 0.5) is 19.0 Å². The van der Waals surface area contributed by atoms with Gasteiger partial charge in [-0.25, -0.2) is 9.78 Å². The third kappa shape index (κ3) is 4.21. The fourth-order valence-electron chi connectivity index (χ4n) is 2.07. The Morgan fingerprint density at radius 1 is 1.23 bits per heavy atom. The number of nitrogens with one attached hydrogen (secondary N) is 1. The predicted molar refractivity (Wildman–Crippen MR) is 87.0 cm³/mol. The van der Waals surface area contributed by atoms with Crippen molar-refractivity contribution in [3.63, 3.8) is 0 Å². The van der Waals surface area contributed by atoms with Crippen LogP contribution in [0, 0.1) is 0 Å². The van der Waals surface area contributed by atoms with E-state index in [1.54, 1.807) is 0 Å². The number of carboxylic acids is 1. The van der Waals surface area contributed by atoms with Gasteiger partial charge in [0.1, 0.15) is 11.4 Å². The lowest BCUT2D eigenvalue weighted by Gasteiger charge is -2.12. The topological polar surface area (TPSA) is 93.0 Å². The van der Waals surface area contributed by atoms with Crippen LogP contribution in [0.5, 0.6) is 11.5 Å². The summed E-state index contributed by atoms with van der Waals surface area (Å²) in [6.07, 6.45) is -2.63. The molecule has 1 aromatic heterocycles. The van der Waals surface area contributed by atoms with E-state index in [0.717, 1.165) is 12.1 Å². The number of hydrazone groups is 1. The van der Waals surface area contributed by atoms with Gasteiger partial charge >= 0.3 is 12.1 Å². The molecule has 0 aliphatic rings. The number of hydrogen-bond acceptors (Lipinski definition) is 6. The van der Waals surface area contributed by atoms with Crippen molar-refractivity contribution in [2.75, 3.05) is 19.6 Å². The third-order valence-electron chi connectivity index (χ3n) is 3.27. The van der Waals surface area contributed by atoms with E-state index in [1.807, 2.05) is 0 Å². The minimum Gasteiger partial charge on any atom is -0.493 e. The number of carbonyl (C=O) groups is 1. The van der Waals surface area contributed by atoms with Crippen molar-refractivity contribution in [2.24, 2.45) is 5.10 Å².